The molecule has 1 aliphatic heterocycles. The standard InChI is InChI=1S/C31H34NO/c1-18(2)24-15-25-12-19(3)20(4)28-29(25)27(16-24)33-31-26-14-22(13-21-8-6-7-9-21)10-11-23(26)17-32(5)30(28)31/h10-12,14-18,21H,6-9,13H2,1-5H3/q+1. The number of ether oxygens (including phenoxy) is 1. The van der Waals surface area contributed by atoms with E-state index >= 15 is 0 Å². The summed E-state index contributed by atoms with van der Waals surface area (Å²) >= 11 is 0. The molecule has 0 bridgehead atoms. The summed E-state index contributed by atoms with van der Waals surface area (Å²) < 4.78 is 9.11. The van der Waals surface area contributed by atoms with Gasteiger partial charge in [0.15, 0.2) is 6.20 Å². The lowest BCUT2D eigenvalue weighted by atomic mass is 9.87. The van der Waals surface area contributed by atoms with Crippen LogP contribution in [0.5, 0.6) is 11.5 Å². The Kier molecular flexibility index (Phi) is 4.76. The van der Waals surface area contributed by atoms with Crippen molar-refractivity contribution in [2.45, 2.75) is 65.7 Å². The van der Waals surface area contributed by atoms with Gasteiger partial charge in [0, 0.05) is 16.2 Å². The van der Waals surface area contributed by atoms with Crippen LogP contribution in [0.25, 0.3) is 32.8 Å². The number of aryl methyl sites for hydroxylation is 2. The molecular formula is C31H34NO+. The molecule has 0 unspecified atom stereocenters. The van der Waals surface area contributed by atoms with E-state index in [1.807, 2.05) is 0 Å². The molecule has 33 heavy (non-hydrogen) atoms. The number of nitrogens with zero attached hydrogens (tertiary/aromatic N) is 1. The fraction of sp³-hybridized carbons (Fsp3) is 0.387. The number of hydrogen-bond acceptors (Lipinski definition) is 1. The lowest BCUT2D eigenvalue weighted by molar-refractivity contribution is -0.659. The molecule has 4 aromatic rings. The molecule has 2 heteroatoms. The van der Waals surface area contributed by atoms with Crippen molar-refractivity contribution in [3.63, 3.8) is 0 Å². The highest BCUT2D eigenvalue weighted by Gasteiger charge is 2.32. The highest BCUT2D eigenvalue weighted by molar-refractivity contribution is 6.07. The molecule has 0 saturated heterocycles. The van der Waals surface area contributed by atoms with Crippen LogP contribution in [0.1, 0.15) is 67.7 Å². The number of pyridine rings is 1. The van der Waals surface area contributed by atoms with Gasteiger partial charge in [-0.1, -0.05) is 57.7 Å². The number of hydrogen-bond donors (Lipinski definition) is 0. The second-order valence-corrected chi connectivity index (χ2v) is 10.8. The van der Waals surface area contributed by atoms with Crippen LogP contribution in [0.4, 0.5) is 0 Å². The van der Waals surface area contributed by atoms with Gasteiger partial charge in [-0.05, 0) is 77.9 Å². The summed E-state index contributed by atoms with van der Waals surface area (Å²) in [7, 11) is 2.16. The molecule has 1 fully saturated rings. The molecule has 0 amide bonds. The molecule has 1 aromatic heterocycles. The summed E-state index contributed by atoms with van der Waals surface area (Å²) in [6.45, 7) is 9.03. The van der Waals surface area contributed by atoms with Gasteiger partial charge in [0.25, 0.3) is 5.69 Å². The number of rotatable bonds is 3. The van der Waals surface area contributed by atoms with Gasteiger partial charge in [-0.2, -0.15) is 4.57 Å². The first-order chi connectivity index (χ1) is 15.9. The summed E-state index contributed by atoms with van der Waals surface area (Å²) in [5, 5.41) is 5.03. The van der Waals surface area contributed by atoms with Crippen molar-refractivity contribution < 1.29 is 9.30 Å². The molecule has 3 aromatic carbocycles. The Morgan fingerprint density at radius 1 is 1.00 bits per heavy atom. The van der Waals surface area contributed by atoms with Crippen LogP contribution >= 0.6 is 0 Å². The van der Waals surface area contributed by atoms with Crippen molar-refractivity contribution in [2.24, 2.45) is 13.0 Å². The summed E-state index contributed by atoms with van der Waals surface area (Å²) in [5.74, 6) is 3.33. The van der Waals surface area contributed by atoms with E-state index in [1.165, 1.54) is 87.2 Å². The van der Waals surface area contributed by atoms with Gasteiger partial charge in [0.05, 0.1) is 5.56 Å². The van der Waals surface area contributed by atoms with Crippen molar-refractivity contribution in [1.82, 2.24) is 0 Å². The van der Waals surface area contributed by atoms with Crippen molar-refractivity contribution >= 4 is 21.5 Å². The van der Waals surface area contributed by atoms with Crippen LogP contribution in [0.15, 0.2) is 42.6 Å². The Hall–Kier alpha value is -2.87. The minimum Gasteiger partial charge on any atom is -0.449 e. The molecule has 1 saturated carbocycles. The van der Waals surface area contributed by atoms with Crippen molar-refractivity contribution in [3.05, 3.63) is 64.8 Å². The highest BCUT2D eigenvalue weighted by atomic mass is 16.5. The van der Waals surface area contributed by atoms with E-state index in [2.05, 4.69) is 81.9 Å². The van der Waals surface area contributed by atoms with Gasteiger partial charge in [0.2, 0.25) is 5.75 Å². The summed E-state index contributed by atoms with van der Waals surface area (Å²) in [4.78, 5) is 0. The average molecular weight is 437 g/mol. The maximum atomic E-state index is 6.83. The van der Waals surface area contributed by atoms with Crippen LogP contribution in [-0.4, -0.2) is 0 Å². The normalized spacial score (nSPS) is 15.5. The van der Waals surface area contributed by atoms with Crippen LogP contribution < -0.4 is 9.30 Å². The second kappa shape index (κ2) is 7.58. The maximum Gasteiger partial charge on any atom is 0.257 e. The first-order valence-corrected chi connectivity index (χ1v) is 12.6. The summed E-state index contributed by atoms with van der Waals surface area (Å²) in [6.07, 6.45) is 9.00. The first-order valence-electron chi connectivity index (χ1n) is 12.6. The van der Waals surface area contributed by atoms with E-state index in [4.69, 9.17) is 4.74 Å². The Balaban J connectivity index is 1.63. The van der Waals surface area contributed by atoms with Crippen LogP contribution in [0.3, 0.4) is 0 Å². The zero-order chi connectivity index (χ0) is 22.9. The van der Waals surface area contributed by atoms with E-state index in [-0.39, 0.29) is 0 Å². The molecule has 2 nitrogen and oxygen atoms in total. The summed E-state index contributed by atoms with van der Waals surface area (Å²) in [6, 6.07) is 14.0. The fourth-order valence-corrected chi connectivity index (χ4v) is 6.13. The fourth-order valence-electron chi connectivity index (χ4n) is 6.13. The van der Waals surface area contributed by atoms with E-state index in [0.717, 1.165) is 17.4 Å². The molecule has 168 valence electrons. The van der Waals surface area contributed by atoms with Crippen LogP contribution in [0, 0.1) is 19.8 Å². The quantitative estimate of drug-likeness (QED) is 0.261. The van der Waals surface area contributed by atoms with E-state index < -0.39 is 0 Å². The average Bonchev–Trinajstić information content (AvgIpc) is 3.30. The minimum absolute atomic E-state index is 0.461. The first kappa shape index (κ1) is 20.7. The SMILES string of the molecule is Cc1cc2cc(C(C)C)cc3c2c(c1C)-c1c(c2cc(CC4CCCC4)ccc2c[n+]1C)O3. The Morgan fingerprint density at radius 2 is 1.79 bits per heavy atom. The van der Waals surface area contributed by atoms with Crippen LogP contribution in [-0.2, 0) is 13.5 Å². The predicted molar refractivity (Wildman–Crippen MR) is 137 cm³/mol. The van der Waals surface area contributed by atoms with Gasteiger partial charge >= 0.3 is 0 Å². The molecule has 0 spiro atoms. The van der Waals surface area contributed by atoms with Gasteiger partial charge in [-0.15, -0.1) is 0 Å². The van der Waals surface area contributed by atoms with Gasteiger partial charge in [-0.3, -0.25) is 0 Å². The Labute approximate surface area is 197 Å². The molecule has 2 aliphatic rings. The molecule has 0 N–H and O–H groups in total. The Morgan fingerprint density at radius 3 is 2.55 bits per heavy atom. The highest BCUT2D eigenvalue weighted by Crippen LogP contribution is 2.50. The maximum absolute atomic E-state index is 6.83. The topological polar surface area (TPSA) is 13.1 Å². The van der Waals surface area contributed by atoms with Crippen molar-refractivity contribution in [3.8, 4) is 22.8 Å². The van der Waals surface area contributed by atoms with Crippen LogP contribution in [0.2, 0.25) is 0 Å². The predicted octanol–water partition coefficient (Wildman–Crippen LogP) is 8.06. The number of fused-ring (bicyclic) bond motifs is 4. The van der Waals surface area contributed by atoms with E-state index in [9.17, 15) is 0 Å². The van der Waals surface area contributed by atoms with E-state index in [1.54, 1.807) is 0 Å². The number of aromatic nitrogens is 1. The molecular weight excluding hydrogens is 402 g/mol. The van der Waals surface area contributed by atoms with Crippen molar-refractivity contribution in [1.29, 1.82) is 0 Å². The third-order valence-electron chi connectivity index (χ3n) is 8.12. The lowest BCUT2D eigenvalue weighted by Crippen LogP contribution is -2.32. The molecule has 0 atom stereocenters. The van der Waals surface area contributed by atoms with Gasteiger partial charge < -0.3 is 4.74 Å². The van der Waals surface area contributed by atoms with Crippen molar-refractivity contribution in [2.75, 3.05) is 0 Å². The lowest BCUT2D eigenvalue weighted by Gasteiger charge is -2.24. The smallest absolute Gasteiger partial charge is 0.257 e. The third-order valence-corrected chi connectivity index (χ3v) is 8.12. The second-order valence-electron chi connectivity index (χ2n) is 10.8. The van der Waals surface area contributed by atoms with Gasteiger partial charge in [0.1, 0.15) is 12.8 Å². The Bertz CT molecular complexity index is 1420. The molecule has 0 radical (unpaired) electrons. The van der Waals surface area contributed by atoms with Gasteiger partial charge in [-0.25, -0.2) is 0 Å². The number of benzene rings is 3. The molecule has 1 aliphatic carbocycles. The summed E-state index contributed by atoms with van der Waals surface area (Å²) in [5.41, 5.74) is 8.01. The largest absolute Gasteiger partial charge is 0.449 e. The zero-order valence-electron chi connectivity index (χ0n) is 20.6. The zero-order valence-corrected chi connectivity index (χ0v) is 20.6. The monoisotopic (exact) mass is 436 g/mol. The molecule has 2 heterocycles. The van der Waals surface area contributed by atoms with E-state index in [0.29, 0.717) is 5.92 Å². The minimum atomic E-state index is 0.461. The molecule has 6 rings (SSSR count). The third kappa shape index (κ3) is 3.26.